The quantitative estimate of drug-likeness (QED) is 0.467. The maximum absolute atomic E-state index is 5.67. The van der Waals surface area contributed by atoms with Crippen molar-refractivity contribution in [3.63, 3.8) is 0 Å². The van der Waals surface area contributed by atoms with Crippen molar-refractivity contribution >= 4 is 27.7 Å². The Morgan fingerprint density at radius 3 is 2.00 bits per heavy atom. The van der Waals surface area contributed by atoms with Gasteiger partial charge in [0.15, 0.2) is 0 Å². The van der Waals surface area contributed by atoms with Gasteiger partial charge < -0.3 is 4.74 Å². The number of unbranched alkanes of at least 4 members (excludes halogenated alkanes) is 1. The van der Waals surface area contributed by atoms with Crippen LogP contribution < -0.4 is 0 Å². The molecule has 4 heteroatoms. The normalized spacial score (nSPS) is 12.0. The minimum Gasteiger partial charge on any atom is -0.381 e. The lowest BCUT2D eigenvalue weighted by molar-refractivity contribution is 0.0754. The molecule has 3 unspecified atom stereocenters. The fourth-order valence-corrected chi connectivity index (χ4v) is 3.32. The summed E-state index contributed by atoms with van der Waals surface area (Å²) in [5.41, 5.74) is 0.341. The maximum Gasteiger partial charge on any atom is 0.0532 e. The van der Waals surface area contributed by atoms with Crippen LogP contribution in [0.15, 0.2) is 0 Å². The molecule has 0 N–H and O–H groups in total. The van der Waals surface area contributed by atoms with Gasteiger partial charge in [-0.15, -0.1) is 27.7 Å². The molecule has 0 rings (SSSR count). The highest BCUT2D eigenvalue weighted by molar-refractivity contribution is 7.19. The minimum absolute atomic E-state index is 0.341. The molecule has 0 saturated carbocycles. The predicted molar refractivity (Wildman–Crippen MR) is 71.9 cm³/mol. The molecule has 0 aliphatic rings. The van der Waals surface area contributed by atoms with Gasteiger partial charge in [0.05, 0.1) is 6.61 Å². The molecule has 80 valence electrons. The second-order valence-electron chi connectivity index (χ2n) is 3.52. The van der Waals surface area contributed by atoms with Gasteiger partial charge in [0.1, 0.15) is 0 Å². The summed E-state index contributed by atoms with van der Waals surface area (Å²) in [6.07, 6.45) is 5.75. The molecule has 0 heterocycles. The van der Waals surface area contributed by atoms with Crippen molar-refractivity contribution in [2.45, 2.75) is 19.8 Å². The standard InChI is InChI=1S/C9H23OP3/c1-2-3-4-10-5-9(6-11,7-12)8-13/h2-8,11-13H2,1H3. The van der Waals surface area contributed by atoms with E-state index in [1.807, 2.05) is 0 Å². The lowest BCUT2D eigenvalue weighted by Gasteiger charge is -2.29. The highest BCUT2D eigenvalue weighted by Gasteiger charge is 2.24. The van der Waals surface area contributed by atoms with Gasteiger partial charge in [-0.25, -0.2) is 0 Å². The first-order valence-electron chi connectivity index (χ1n) is 4.92. The molecule has 13 heavy (non-hydrogen) atoms. The van der Waals surface area contributed by atoms with E-state index in [0.29, 0.717) is 5.41 Å². The van der Waals surface area contributed by atoms with Crippen LogP contribution in [-0.4, -0.2) is 31.7 Å². The molecule has 1 nitrogen and oxygen atoms in total. The van der Waals surface area contributed by atoms with Gasteiger partial charge in [-0.2, -0.15) is 0 Å². The second kappa shape index (κ2) is 8.55. The zero-order valence-electron chi connectivity index (χ0n) is 8.59. The minimum atomic E-state index is 0.341. The molecule has 0 spiro atoms. The van der Waals surface area contributed by atoms with Crippen LogP contribution in [0.25, 0.3) is 0 Å². The second-order valence-corrected chi connectivity index (χ2v) is 4.74. The predicted octanol–water partition coefficient (Wildman–Crippen LogP) is 2.41. The van der Waals surface area contributed by atoms with Gasteiger partial charge >= 0.3 is 0 Å². The van der Waals surface area contributed by atoms with Crippen LogP contribution >= 0.6 is 27.7 Å². The smallest absolute Gasteiger partial charge is 0.0532 e. The summed E-state index contributed by atoms with van der Waals surface area (Å²) in [5.74, 6) is 0. The summed E-state index contributed by atoms with van der Waals surface area (Å²) in [4.78, 5) is 0. The first-order chi connectivity index (χ1) is 6.24. The van der Waals surface area contributed by atoms with Crippen LogP contribution in [0.5, 0.6) is 0 Å². The van der Waals surface area contributed by atoms with Crippen molar-refractivity contribution in [1.82, 2.24) is 0 Å². The lowest BCUT2D eigenvalue weighted by atomic mass is 9.97. The Hall–Kier alpha value is 1.25. The number of rotatable bonds is 8. The van der Waals surface area contributed by atoms with Gasteiger partial charge in [-0.3, -0.25) is 0 Å². The zero-order chi connectivity index (χ0) is 10.2. The molecule has 3 atom stereocenters. The molecule has 0 aliphatic carbocycles. The number of ether oxygens (including phenoxy) is 1. The van der Waals surface area contributed by atoms with Crippen molar-refractivity contribution in [2.75, 3.05) is 31.7 Å². The molecule has 0 aromatic heterocycles. The summed E-state index contributed by atoms with van der Waals surface area (Å²) < 4.78 is 5.67. The number of hydrogen-bond donors (Lipinski definition) is 0. The third-order valence-corrected chi connectivity index (χ3v) is 4.95. The largest absolute Gasteiger partial charge is 0.381 e. The highest BCUT2D eigenvalue weighted by atomic mass is 31.0. The Bertz CT molecular complexity index is 107. The van der Waals surface area contributed by atoms with E-state index < -0.39 is 0 Å². The van der Waals surface area contributed by atoms with Gasteiger partial charge in [0, 0.05) is 12.0 Å². The van der Waals surface area contributed by atoms with Crippen molar-refractivity contribution in [2.24, 2.45) is 5.41 Å². The molecule has 0 aliphatic heterocycles. The summed E-state index contributed by atoms with van der Waals surface area (Å²) in [6, 6.07) is 0. The zero-order valence-corrected chi connectivity index (χ0v) is 12.1. The molecule has 0 aromatic carbocycles. The van der Waals surface area contributed by atoms with Crippen molar-refractivity contribution in [3.05, 3.63) is 0 Å². The van der Waals surface area contributed by atoms with E-state index in [1.54, 1.807) is 0 Å². The first kappa shape index (κ1) is 14.2. The molecular weight excluding hydrogens is 217 g/mol. The van der Waals surface area contributed by atoms with E-state index in [0.717, 1.165) is 31.7 Å². The van der Waals surface area contributed by atoms with Crippen molar-refractivity contribution in [3.8, 4) is 0 Å². The third-order valence-electron chi connectivity index (χ3n) is 2.35. The molecule has 0 saturated heterocycles. The Morgan fingerprint density at radius 2 is 1.62 bits per heavy atom. The SMILES string of the molecule is CCCCOCC(CP)(CP)CP. The molecule has 0 aromatic rings. The summed E-state index contributed by atoms with van der Waals surface area (Å²) in [5, 5.41) is 0. The van der Waals surface area contributed by atoms with Crippen LogP contribution in [0.2, 0.25) is 0 Å². The van der Waals surface area contributed by atoms with Crippen molar-refractivity contribution < 1.29 is 4.74 Å². The number of hydrogen-bond acceptors (Lipinski definition) is 1. The Balaban J connectivity index is 3.68. The first-order valence-corrected chi connectivity index (χ1v) is 7.37. The maximum atomic E-state index is 5.67. The average Bonchev–Trinajstić information content (AvgIpc) is 2.20. The van der Waals surface area contributed by atoms with E-state index in [-0.39, 0.29) is 0 Å². The molecule has 0 fully saturated rings. The Labute approximate surface area is 89.8 Å². The fraction of sp³-hybridized carbons (Fsp3) is 1.00. The average molecular weight is 240 g/mol. The molecular formula is C9H23OP3. The summed E-state index contributed by atoms with van der Waals surface area (Å²) in [7, 11) is 8.49. The van der Waals surface area contributed by atoms with E-state index in [4.69, 9.17) is 4.74 Å². The Kier molecular flexibility index (Phi) is 9.37. The van der Waals surface area contributed by atoms with Crippen molar-refractivity contribution in [1.29, 1.82) is 0 Å². The van der Waals surface area contributed by atoms with Crippen LogP contribution in [-0.2, 0) is 4.74 Å². The van der Waals surface area contributed by atoms with Crippen LogP contribution in [0, 0.1) is 5.41 Å². The van der Waals surface area contributed by atoms with Gasteiger partial charge in [0.25, 0.3) is 0 Å². The lowest BCUT2D eigenvalue weighted by Crippen LogP contribution is -2.32. The van der Waals surface area contributed by atoms with E-state index >= 15 is 0 Å². The molecule has 0 bridgehead atoms. The topological polar surface area (TPSA) is 9.23 Å². The summed E-state index contributed by atoms with van der Waals surface area (Å²) >= 11 is 0. The highest BCUT2D eigenvalue weighted by Crippen LogP contribution is 2.26. The van der Waals surface area contributed by atoms with Crippen LogP contribution in [0.3, 0.4) is 0 Å². The Morgan fingerprint density at radius 1 is 1.08 bits per heavy atom. The van der Waals surface area contributed by atoms with Crippen LogP contribution in [0.1, 0.15) is 19.8 Å². The fourth-order valence-electron chi connectivity index (χ4n) is 0.962. The van der Waals surface area contributed by atoms with Gasteiger partial charge in [-0.05, 0) is 24.9 Å². The van der Waals surface area contributed by atoms with Crippen LogP contribution in [0.4, 0.5) is 0 Å². The van der Waals surface area contributed by atoms with E-state index in [9.17, 15) is 0 Å². The monoisotopic (exact) mass is 240 g/mol. The van der Waals surface area contributed by atoms with E-state index in [1.165, 1.54) is 12.8 Å². The summed E-state index contributed by atoms with van der Waals surface area (Å²) in [6.45, 7) is 4.00. The third kappa shape index (κ3) is 5.64. The van der Waals surface area contributed by atoms with Gasteiger partial charge in [-0.1, -0.05) is 13.3 Å². The molecule has 0 radical (unpaired) electrons. The van der Waals surface area contributed by atoms with E-state index in [2.05, 4.69) is 34.6 Å². The molecule has 0 amide bonds. The van der Waals surface area contributed by atoms with Gasteiger partial charge in [0.2, 0.25) is 0 Å².